The molecule has 1 heteroatoms. The van der Waals surface area contributed by atoms with Gasteiger partial charge in [-0.15, -0.1) is 0 Å². The highest BCUT2D eigenvalue weighted by atomic mass is 16.5. The molecule has 0 aromatic carbocycles. The molecule has 0 heterocycles. The van der Waals surface area contributed by atoms with Gasteiger partial charge in [0.25, 0.3) is 0 Å². The highest BCUT2D eigenvalue weighted by Crippen LogP contribution is 2.23. The van der Waals surface area contributed by atoms with Gasteiger partial charge in [0.15, 0.2) is 0 Å². The molecule has 0 amide bonds. The van der Waals surface area contributed by atoms with E-state index in [1.807, 2.05) is 0 Å². The van der Waals surface area contributed by atoms with Gasteiger partial charge in [0.1, 0.15) is 0 Å². The van der Waals surface area contributed by atoms with Gasteiger partial charge in [0.2, 0.25) is 0 Å². The molecular formula is C10H20O. The highest BCUT2D eigenvalue weighted by Gasteiger charge is 2.16. The lowest BCUT2D eigenvalue weighted by Crippen LogP contribution is -2.17. The molecule has 0 aromatic heterocycles. The van der Waals surface area contributed by atoms with Crippen molar-refractivity contribution < 1.29 is 4.74 Å². The molecule has 66 valence electrons. The van der Waals surface area contributed by atoms with E-state index in [1.165, 1.54) is 25.5 Å². The molecule has 0 saturated heterocycles. The van der Waals surface area contributed by atoms with E-state index in [0.29, 0.717) is 5.41 Å². The van der Waals surface area contributed by atoms with Gasteiger partial charge in [0.05, 0.1) is 12.9 Å². The maximum Gasteiger partial charge on any atom is 0.0923 e. The van der Waals surface area contributed by atoms with Crippen molar-refractivity contribution in [2.45, 2.75) is 40.0 Å². The maximum absolute atomic E-state index is 5.16. The lowest BCUT2D eigenvalue weighted by molar-refractivity contribution is 0.128. The fourth-order valence-electron chi connectivity index (χ4n) is 1.01. The molecule has 0 radical (unpaired) electrons. The molecule has 1 nitrogen and oxygen atoms in total. The average molecular weight is 156 g/mol. The van der Waals surface area contributed by atoms with Crippen LogP contribution in [-0.4, -0.2) is 6.61 Å². The zero-order valence-corrected chi connectivity index (χ0v) is 8.02. The molecule has 0 aliphatic heterocycles. The fraction of sp³-hybridized carbons (Fsp3) is 0.800. The minimum absolute atomic E-state index is 0.310. The molecule has 0 saturated carbocycles. The summed E-state index contributed by atoms with van der Waals surface area (Å²) in [7, 11) is 0. The molecule has 0 rings (SSSR count). The third kappa shape index (κ3) is 5.96. The molecular weight excluding hydrogens is 136 g/mol. The monoisotopic (exact) mass is 156 g/mol. The third-order valence-corrected chi connectivity index (χ3v) is 1.80. The maximum atomic E-state index is 5.16. The number of hydrogen-bond acceptors (Lipinski definition) is 1. The molecule has 11 heavy (non-hydrogen) atoms. The summed E-state index contributed by atoms with van der Waals surface area (Å²) >= 11 is 0. The van der Waals surface area contributed by atoms with E-state index in [4.69, 9.17) is 4.74 Å². The van der Waals surface area contributed by atoms with E-state index < -0.39 is 0 Å². The van der Waals surface area contributed by atoms with Gasteiger partial charge in [-0.3, -0.25) is 0 Å². The third-order valence-electron chi connectivity index (χ3n) is 1.80. The Morgan fingerprint density at radius 1 is 1.45 bits per heavy atom. The Morgan fingerprint density at radius 2 is 2.09 bits per heavy atom. The van der Waals surface area contributed by atoms with E-state index in [-0.39, 0.29) is 0 Å². The summed E-state index contributed by atoms with van der Waals surface area (Å²) in [5.41, 5.74) is 0.310. The van der Waals surface area contributed by atoms with Crippen LogP contribution in [0.3, 0.4) is 0 Å². The highest BCUT2D eigenvalue weighted by molar-refractivity contribution is 4.68. The van der Waals surface area contributed by atoms with Crippen LogP contribution in [0.15, 0.2) is 12.8 Å². The lowest BCUT2D eigenvalue weighted by atomic mass is 9.88. The van der Waals surface area contributed by atoms with Crippen LogP contribution in [0.25, 0.3) is 0 Å². The Hall–Kier alpha value is -0.460. The summed E-state index contributed by atoms with van der Waals surface area (Å²) in [5.74, 6) is 0. The van der Waals surface area contributed by atoms with Gasteiger partial charge in [-0.25, -0.2) is 0 Å². The number of ether oxygens (including phenoxy) is 1. The van der Waals surface area contributed by atoms with Crippen LogP contribution in [0.1, 0.15) is 40.0 Å². The van der Waals surface area contributed by atoms with E-state index in [1.54, 1.807) is 0 Å². The zero-order chi connectivity index (χ0) is 8.74. The Labute approximate surface area is 70.4 Å². The van der Waals surface area contributed by atoms with Gasteiger partial charge in [-0.2, -0.15) is 0 Å². The summed E-state index contributed by atoms with van der Waals surface area (Å²) in [5, 5.41) is 0. The van der Waals surface area contributed by atoms with Crippen LogP contribution in [0, 0.1) is 5.41 Å². The van der Waals surface area contributed by atoms with Gasteiger partial charge in [-0.1, -0.05) is 40.2 Å². The summed E-state index contributed by atoms with van der Waals surface area (Å²) in [6.07, 6.45) is 5.30. The Bertz CT molecular complexity index is 105. The summed E-state index contributed by atoms with van der Waals surface area (Å²) in [4.78, 5) is 0. The summed E-state index contributed by atoms with van der Waals surface area (Å²) < 4.78 is 5.16. The van der Waals surface area contributed by atoms with Crippen LogP contribution in [0.4, 0.5) is 0 Å². The van der Waals surface area contributed by atoms with Crippen molar-refractivity contribution in [2.24, 2.45) is 5.41 Å². The van der Waals surface area contributed by atoms with Crippen LogP contribution in [-0.2, 0) is 4.74 Å². The second-order valence-electron chi connectivity index (χ2n) is 3.75. The van der Waals surface area contributed by atoms with Crippen LogP contribution in [0.5, 0.6) is 0 Å². The van der Waals surface area contributed by atoms with E-state index >= 15 is 0 Å². The Balaban J connectivity index is 3.51. The minimum atomic E-state index is 0.310. The Kier molecular flexibility index (Phi) is 5.01. The van der Waals surface area contributed by atoms with Crippen molar-refractivity contribution in [1.82, 2.24) is 0 Å². The van der Waals surface area contributed by atoms with Crippen molar-refractivity contribution in [3.05, 3.63) is 12.8 Å². The second-order valence-corrected chi connectivity index (χ2v) is 3.75. The van der Waals surface area contributed by atoms with E-state index in [2.05, 4.69) is 27.4 Å². The predicted octanol–water partition coefficient (Wildman–Crippen LogP) is 3.36. The second kappa shape index (κ2) is 5.22. The van der Waals surface area contributed by atoms with E-state index in [0.717, 1.165) is 6.61 Å². The molecule has 0 spiro atoms. The fourth-order valence-corrected chi connectivity index (χ4v) is 1.01. The first-order chi connectivity index (χ1) is 5.12. The van der Waals surface area contributed by atoms with Crippen molar-refractivity contribution in [3.63, 3.8) is 0 Å². The molecule has 0 bridgehead atoms. The molecule has 0 aliphatic carbocycles. The van der Waals surface area contributed by atoms with Gasteiger partial charge in [-0.05, 0) is 11.8 Å². The zero-order valence-electron chi connectivity index (χ0n) is 8.02. The largest absolute Gasteiger partial charge is 0.501 e. The van der Waals surface area contributed by atoms with Crippen molar-refractivity contribution in [2.75, 3.05) is 6.61 Å². The standard InChI is InChI=1S/C10H20O/c1-5-7-8-10(3,4)9-11-6-2/h6H,2,5,7-9H2,1,3-4H3. The normalized spacial score (nSPS) is 11.2. The molecule has 0 unspecified atom stereocenters. The first-order valence-corrected chi connectivity index (χ1v) is 4.35. The van der Waals surface area contributed by atoms with Crippen LogP contribution < -0.4 is 0 Å². The number of unbranched alkanes of at least 4 members (excludes halogenated alkanes) is 1. The van der Waals surface area contributed by atoms with Gasteiger partial charge in [0, 0.05) is 0 Å². The van der Waals surface area contributed by atoms with E-state index in [9.17, 15) is 0 Å². The minimum Gasteiger partial charge on any atom is -0.501 e. The predicted molar refractivity (Wildman–Crippen MR) is 49.5 cm³/mol. The SMILES string of the molecule is C=COCC(C)(C)CCCC. The first kappa shape index (κ1) is 10.5. The number of rotatable bonds is 6. The molecule has 0 aromatic rings. The molecule has 0 fully saturated rings. The van der Waals surface area contributed by atoms with Crippen molar-refractivity contribution in [1.29, 1.82) is 0 Å². The first-order valence-electron chi connectivity index (χ1n) is 4.35. The van der Waals surface area contributed by atoms with Gasteiger partial charge >= 0.3 is 0 Å². The van der Waals surface area contributed by atoms with Crippen LogP contribution in [0.2, 0.25) is 0 Å². The quantitative estimate of drug-likeness (QED) is 0.536. The topological polar surface area (TPSA) is 9.23 Å². The summed E-state index contributed by atoms with van der Waals surface area (Å²) in [6.45, 7) is 11.0. The van der Waals surface area contributed by atoms with Crippen molar-refractivity contribution >= 4 is 0 Å². The van der Waals surface area contributed by atoms with Gasteiger partial charge < -0.3 is 4.74 Å². The molecule has 0 aliphatic rings. The number of hydrogen-bond donors (Lipinski definition) is 0. The van der Waals surface area contributed by atoms with Crippen molar-refractivity contribution in [3.8, 4) is 0 Å². The molecule has 0 N–H and O–H groups in total. The smallest absolute Gasteiger partial charge is 0.0923 e. The Morgan fingerprint density at radius 3 is 2.55 bits per heavy atom. The molecule has 0 atom stereocenters. The lowest BCUT2D eigenvalue weighted by Gasteiger charge is -2.23. The van der Waals surface area contributed by atoms with Crippen LogP contribution >= 0.6 is 0 Å². The average Bonchev–Trinajstić information content (AvgIpc) is 1.97. The summed E-state index contributed by atoms with van der Waals surface area (Å²) in [6, 6.07) is 0.